The summed E-state index contributed by atoms with van der Waals surface area (Å²) in [5, 5.41) is 10.1. The molecule has 6 nitrogen and oxygen atoms in total. The molecule has 6 rings (SSSR count). The summed E-state index contributed by atoms with van der Waals surface area (Å²) in [5.74, 6) is 4.20. The Morgan fingerprint density at radius 3 is 2.42 bits per heavy atom. The predicted octanol–water partition coefficient (Wildman–Crippen LogP) is 7.39. The van der Waals surface area contributed by atoms with E-state index >= 15 is 0 Å². The monoisotopic (exact) mass is 542 g/mol. The maximum absolute atomic E-state index is 14.0. The SMILES string of the molecule is COc1ccc([C@H]2CC[C@H](CN(c3cccc(-c4cnc(C5CC5)o4)c3)C(=O)[C@H]3CC[C@H](O)CC3)CC2)cc1C. The van der Waals surface area contributed by atoms with Crippen molar-refractivity contribution in [3.8, 4) is 17.1 Å². The van der Waals surface area contributed by atoms with Crippen LogP contribution in [0.1, 0.15) is 93.1 Å². The van der Waals surface area contributed by atoms with E-state index in [1.54, 1.807) is 7.11 Å². The van der Waals surface area contributed by atoms with Crippen LogP contribution < -0.4 is 9.64 Å². The van der Waals surface area contributed by atoms with E-state index in [-0.39, 0.29) is 17.9 Å². The van der Waals surface area contributed by atoms with Gasteiger partial charge in [0.1, 0.15) is 5.75 Å². The van der Waals surface area contributed by atoms with E-state index in [0.29, 0.717) is 30.6 Å². The summed E-state index contributed by atoms with van der Waals surface area (Å²) in [7, 11) is 1.72. The summed E-state index contributed by atoms with van der Waals surface area (Å²) in [6.07, 6.45) is 11.3. The number of aliphatic hydroxyl groups excluding tert-OH is 1. The zero-order valence-electron chi connectivity index (χ0n) is 23.9. The van der Waals surface area contributed by atoms with E-state index in [1.165, 1.54) is 11.1 Å². The van der Waals surface area contributed by atoms with Gasteiger partial charge in [0.15, 0.2) is 11.7 Å². The fourth-order valence-electron chi connectivity index (χ4n) is 6.73. The van der Waals surface area contributed by atoms with E-state index in [1.807, 2.05) is 23.2 Å². The van der Waals surface area contributed by atoms with Gasteiger partial charge in [-0.15, -0.1) is 0 Å². The second-order valence-corrected chi connectivity index (χ2v) is 12.3. The molecule has 1 heterocycles. The molecule has 0 radical (unpaired) electrons. The molecule has 2 aromatic carbocycles. The van der Waals surface area contributed by atoms with Gasteiger partial charge in [0.2, 0.25) is 5.91 Å². The predicted molar refractivity (Wildman–Crippen MR) is 157 cm³/mol. The van der Waals surface area contributed by atoms with Crippen molar-refractivity contribution in [2.45, 2.75) is 89.1 Å². The maximum Gasteiger partial charge on any atom is 0.230 e. The number of carbonyl (C=O) groups excluding carboxylic acids is 1. The molecule has 212 valence electrons. The highest BCUT2D eigenvalue weighted by Crippen LogP contribution is 2.41. The summed E-state index contributed by atoms with van der Waals surface area (Å²) in [6, 6.07) is 14.8. The van der Waals surface area contributed by atoms with Gasteiger partial charge in [0.05, 0.1) is 19.4 Å². The lowest BCUT2D eigenvalue weighted by molar-refractivity contribution is -0.124. The second kappa shape index (κ2) is 11.8. The third kappa shape index (κ3) is 5.97. The molecule has 0 unspecified atom stereocenters. The Kier molecular flexibility index (Phi) is 7.97. The van der Waals surface area contributed by atoms with Crippen molar-refractivity contribution in [1.82, 2.24) is 4.98 Å². The van der Waals surface area contributed by atoms with Crippen molar-refractivity contribution < 1.29 is 19.1 Å². The number of aryl methyl sites for hydroxylation is 1. The van der Waals surface area contributed by atoms with Crippen LogP contribution in [-0.4, -0.2) is 35.8 Å². The number of hydrogen-bond acceptors (Lipinski definition) is 5. The van der Waals surface area contributed by atoms with Gasteiger partial charge in [-0.25, -0.2) is 4.98 Å². The number of benzene rings is 2. The van der Waals surface area contributed by atoms with Crippen LogP contribution in [0, 0.1) is 18.8 Å². The molecule has 1 N–H and O–H groups in total. The zero-order valence-corrected chi connectivity index (χ0v) is 23.9. The van der Waals surface area contributed by atoms with Gasteiger partial charge < -0.3 is 19.2 Å². The number of oxazole rings is 1. The van der Waals surface area contributed by atoms with Gasteiger partial charge in [-0.3, -0.25) is 4.79 Å². The average Bonchev–Trinajstić information content (AvgIpc) is 3.72. The Morgan fingerprint density at radius 1 is 0.975 bits per heavy atom. The third-order valence-electron chi connectivity index (χ3n) is 9.38. The topological polar surface area (TPSA) is 75.8 Å². The highest BCUT2D eigenvalue weighted by Gasteiger charge is 2.33. The third-order valence-corrected chi connectivity index (χ3v) is 9.38. The van der Waals surface area contributed by atoms with Crippen LogP contribution in [0.5, 0.6) is 5.75 Å². The lowest BCUT2D eigenvalue weighted by Crippen LogP contribution is -2.41. The molecular formula is C34H42N2O4. The van der Waals surface area contributed by atoms with E-state index in [0.717, 1.165) is 86.6 Å². The van der Waals surface area contributed by atoms with Gasteiger partial charge >= 0.3 is 0 Å². The number of methoxy groups -OCH3 is 1. The molecule has 1 amide bonds. The molecule has 3 fully saturated rings. The number of aliphatic hydroxyl groups is 1. The Hall–Kier alpha value is -3.12. The number of ether oxygens (including phenoxy) is 1. The zero-order chi connectivity index (χ0) is 27.6. The summed E-state index contributed by atoms with van der Waals surface area (Å²) in [5.41, 5.74) is 4.49. The minimum Gasteiger partial charge on any atom is -0.496 e. The minimum absolute atomic E-state index is 0.0302. The molecule has 0 bridgehead atoms. The van der Waals surface area contributed by atoms with Crippen LogP contribution in [0.25, 0.3) is 11.3 Å². The molecule has 40 heavy (non-hydrogen) atoms. The first-order chi connectivity index (χ1) is 19.5. The van der Waals surface area contributed by atoms with E-state index in [4.69, 9.17) is 9.15 Å². The number of nitrogens with zero attached hydrogens (tertiary/aromatic N) is 2. The molecule has 0 aliphatic heterocycles. The molecule has 1 aromatic heterocycles. The van der Waals surface area contributed by atoms with Crippen LogP contribution >= 0.6 is 0 Å². The molecule has 0 spiro atoms. The van der Waals surface area contributed by atoms with Crippen LogP contribution in [0.2, 0.25) is 0 Å². The normalized spacial score (nSPS) is 25.0. The molecule has 3 aliphatic carbocycles. The van der Waals surface area contributed by atoms with Crippen LogP contribution in [0.15, 0.2) is 53.1 Å². The van der Waals surface area contributed by atoms with Crippen molar-refractivity contribution in [1.29, 1.82) is 0 Å². The highest BCUT2D eigenvalue weighted by atomic mass is 16.5. The molecular weight excluding hydrogens is 500 g/mol. The Balaban J connectivity index is 1.19. The van der Waals surface area contributed by atoms with Crippen LogP contribution in [-0.2, 0) is 4.79 Å². The van der Waals surface area contributed by atoms with Crippen LogP contribution in [0.3, 0.4) is 0 Å². The lowest BCUT2D eigenvalue weighted by atomic mass is 9.78. The second-order valence-electron chi connectivity index (χ2n) is 12.3. The van der Waals surface area contributed by atoms with E-state index in [9.17, 15) is 9.90 Å². The Morgan fingerprint density at radius 2 is 1.73 bits per heavy atom. The molecule has 3 aliphatic rings. The molecule has 6 heteroatoms. The van der Waals surface area contributed by atoms with Gasteiger partial charge in [-0.2, -0.15) is 0 Å². The number of carbonyl (C=O) groups is 1. The van der Waals surface area contributed by atoms with Crippen molar-refractivity contribution in [3.05, 3.63) is 65.7 Å². The van der Waals surface area contributed by atoms with Crippen molar-refractivity contribution in [2.75, 3.05) is 18.6 Å². The molecule has 0 saturated heterocycles. The standard InChI is InChI=1S/C34H42N2O4/c1-22-18-27(14-17-31(22)39-2)24-8-6-23(7-9-24)21-36(34(38)26-12-15-30(37)16-13-26)29-5-3-4-28(19-29)32-20-35-33(40-32)25-10-11-25/h3-5,14,17-20,23-26,30,37H,6-13,15-16,21H2,1-2H3/t23-,24-,26-,30-. The van der Waals surface area contributed by atoms with Gasteiger partial charge in [0, 0.05) is 29.6 Å². The van der Waals surface area contributed by atoms with Gasteiger partial charge in [-0.05, 0) is 112 Å². The van der Waals surface area contributed by atoms with Gasteiger partial charge in [-0.1, -0.05) is 24.3 Å². The van der Waals surface area contributed by atoms with E-state index < -0.39 is 0 Å². The minimum atomic E-state index is -0.273. The lowest BCUT2D eigenvalue weighted by Gasteiger charge is -2.36. The first-order valence-corrected chi connectivity index (χ1v) is 15.2. The first kappa shape index (κ1) is 27.1. The van der Waals surface area contributed by atoms with Gasteiger partial charge in [0.25, 0.3) is 0 Å². The fourth-order valence-corrected chi connectivity index (χ4v) is 6.73. The summed E-state index contributed by atoms with van der Waals surface area (Å²) < 4.78 is 11.6. The van der Waals surface area contributed by atoms with Crippen molar-refractivity contribution >= 4 is 11.6 Å². The molecule has 0 atom stereocenters. The summed E-state index contributed by atoms with van der Waals surface area (Å²) in [6.45, 7) is 2.85. The highest BCUT2D eigenvalue weighted by molar-refractivity contribution is 5.95. The smallest absolute Gasteiger partial charge is 0.230 e. The fraction of sp³-hybridized carbons (Fsp3) is 0.529. The van der Waals surface area contributed by atoms with E-state index in [2.05, 4.69) is 42.2 Å². The largest absolute Gasteiger partial charge is 0.496 e. The number of rotatable bonds is 8. The Bertz CT molecular complexity index is 1310. The number of hydrogen-bond donors (Lipinski definition) is 1. The number of anilines is 1. The number of amides is 1. The Labute approximate surface area is 237 Å². The summed E-state index contributed by atoms with van der Waals surface area (Å²) >= 11 is 0. The van der Waals surface area contributed by atoms with Crippen LogP contribution in [0.4, 0.5) is 5.69 Å². The first-order valence-electron chi connectivity index (χ1n) is 15.2. The van der Waals surface area contributed by atoms with Crippen molar-refractivity contribution in [3.63, 3.8) is 0 Å². The quantitative estimate of drug-likeness (QED) is 0.321. The maximum atomic E-state index is 14.0. The number of aromatic nitrogens is 1. The van der Waals surface area contributed by atoms with Crippen molar-refractivity contribution in [2.24, 2.45) is 11.8 Å². The molecule has 3 aromatic rings. The average molecular weight is 543 g/mol. The molecule has 3 saturated carbocycles. The summed E-state index contributed by atoms with van der Waals surface area (Å²) in [4.78, 5) is 20.6.